The van der Waals surface area contributed by atoms with Crippen molar-refractivity contribution in [1.82, 2.24) is 25.3 Å². The molecule has 1 aromatic carbocycles. The van der Waals surface area contributed by atoms with Gasteiger partial charge >= 0.3 is 0 Å². The summed E-state index contributed by atoms with van der Waals surface area (Å²) in [5.74, 6) is -0.565. The Labute approximate surface area is 141 Å². The highest BCUT2D eigenvalue weighted by molar-refractivity contribution is 5.93. The van der Waals surface area contributed by atoms with E-state index in [1.165, 1.54) is 0 Å². The number of benzene rings is 1. The molecule has 2 heterocycles. The summed E-state index contributed by atoms with van der Waals surface area (Å²) < 4.78 is 0.953. The maximum absolute atomic E-state index is 12.2. The fraction of sp³-hybridized carbons (Fsp3) is 0.125. The highest BCUT2D eigenvalue weighted by Crippen LogP contribution is 2.03. The van der Waals surface area contributed by atoms with Crippen LogP contribution in [0.25, 0.3) is 10.9 Å². The number of carbonyl (C=O) groups is 2. The minimum Gasteiger partial charge on any atom is -0.345 e. The summed E-state index contributed by atoms with van der Waals surface area (Å²) in [4.78, 5) is 39.9. The van der Waals surface area contributed by atoms with Crippen LogP contribution in [0.4, 0.5) is 5.82 Å². The van der Waals surface area contributed by atoms with E-state index >= 15 is 0 Å². The fourth-order valence-electron chi connectivity index (χ4n) is 2.12. The van der Waals surface area contributed by atoms with Crippen molar-refractivity contribution in [1.29, 1.82) is 0 Å². The predicted molar refractivity (Wildman–Crippen MR) is 89.7 cm³/mol. The van der Waals surface area contributed by atoms with Crippen LogP contribution in [0.5, 0.6) is 0 Å². The van der Waals surface area contributed by atoms with Crippen LogP contribution >= 0.6 is 0 Å². The Bertz CT molecular complexity index is 970. The molecule has 0 atom stereocenters. The van der Waals surface area contributed by atoms with E-state index in [0.29, 0.717) is 16.7 Å². The second-order valence-electron chi connectivity index (χ2n) is 5.11. The maximum Gasteiger partial charge on any atom is 0.278 e. The molecule has 3 rings (SSSR count). The molecular formula is C16H14N6O3. The van der Waals surface area contributed by atoms with Gasteiger partial charge in [-0.2, -0.15) is 0 Å². The molecule has 0 aliphatic heterocycles. The Kier molecular flexibility index (Phi) is 4.74. The number of aromatic nitrogens is 4. The minimum atomic E-state index is -0.525. The van der Waals surface area contributed by atoms with Crippen molar-refractivity contribution in [2.24, 2.45) is 0 Å². The number of hydrogen-bond acceptors (Lipinski definition) is 6. The van der Waals surface area contributed by atoms with Crippen LogP contribution in [-0.4, -0.2) is 38.3 Å². The highest BCUT2D eigenvalue weighted by atomic mass is 16.2. The summed E-state index contributed by atoms with van der Waals surface area (Å²) in [5, 5.41) is 12.9. The Balaban J connectivity index is 1.59. The molecule has 2 N–H and O–H groups in total. The first-order chi connectivity index (χ1) is 12.1. The largest absolute Gasteiger partial charge is 0.345 e. The number of hydrogen-bond donors (Lipinski definition) is 2. The molecule has 25 heavy (non-hydrogen) atoms. The van der Waals surface area contributed by atoms with Crippen LogP contribution in [0.2, 0.25) is 0 Å². The monoisotopic (exact) mass is 338 g/mol. The van der Waals surface area contributed by atoms with Crippen LogP contribution in [0.3, 0.4) is 0 Å². The zero-order valence-electron chi connectivity index (χ0n) is 13.0. The van der Waals surface area contributed by atoms with E-state index in [1.807, 2.05) is 0 Å². The van der Waals surface area contributed by atoms with Crippen molar-refractivity contribution in [2.45, 2.75) is 6.54 Å². The quantitative estimate of drug-likeness (QED) is 0.673. The van der Waals surface area contributed by atoms with Gasteiger partial charge in [-0.25, -0.2) is 9.67 Å². The van der Waals surface area contributed by atoms with E-state index in [9.17, 15) is 14.4 Å². The molecule has 0 bridgehead atoms. The molecule has 0 saturated heterocycles. The number of fused-ring (bicyclic) bond motifs is 1. The molecule has 126 valence electrons. The first-order valence-electron chi connectivity index (χ1n) is 7.43. The molecule has 0 saturated carbocycles. The molecular weight excluding hydrogens is 324 g/mol. The van der Waals surface area contributed by atoms with Crippen molar-refractivity contribution in [3.05, 3.63) is 59.0 Å². The average molecular weight is 338 g/mol. The number of nitrogens with one attached hydrogen (secondary N) is 2. The van der Waals surface area contributed by atoms with E-state index in [-0.39, 0.29) is 13.1 Å². The summed E-state index contributed by atoms with van der Waals surface area (Å²) in [6.07, 6.45) is 1.54. The van der Waals surface area contributed by atoms with Crippen molar-refractivity contribution >= 4 is 28.5 Å². The van der Waals surface area contributed by atoms with E-state index in [4.69, 9.17) is 0 Å². The van der Waals surface area contributed by atoms with Crippen LogP contribution in [0.1, 0.15) is 0 Å². The fourth-order valence-corrected chi connectivity index (χ4v) is 2.12. The van der Waals surface area contributed by atoms with Crippen molar-refractivity contribution in [3.8, 4) is 0 Å². The van der Waals surface area contributed by atoms with E-state index in [0.717, 1.165) is 4.68 Å². The Morgan fingerprint density at radius 1 is 1.04 bits per heavy atom. The van der Waals surface area contributed by atoms with Crippen LogP contribution in [0.15, 0.2) is 53.5 Å². The van der Waals surface area contributed by atoms with E-state index in [1.54, 1.807) is 48.7 Å². The van der Waals surface area contributed by atoms with Gasteiger partial charge < -0.3 is 10.6 Å². The molecule has 3 aromatic rings. The first kappa shape index (κ1) is 16.2. The van der Waals surface area contributed by atoms with Gasteiger partial charge in [0.25, 0.3) is 5.56 Å². The topological polar surface area (TPSA) is 119 Å². The molecule has 2 aromatic heterocycles. The van der Waals surface area contributed by atoms with Gasteiger partial charge in [0, 0.05) is 6.20 Å². The number of rotatable bonds is 5. The van der Waals surface area contributed by atoms with Gasteiger partial charge in [0.15, 0.2) is 0 Å². The molecule has 2 amide bonds. The molecule has 0 aliphatic carbocycles. The first-order valence-corrected chi connectivity index (χ1v) is 7.43. The van der Waals surface area contributed by atoms with E-state index in [2.05, 4.69) is 25.9 Å². The van der Waals surface area contributed by atoms with Gasteiger partial charge in [0.05, 0.1) is 11.9 Å². The normalized spacial score (nSPS) is 10.4. The molecule has 9 nitrogen and oxygen atoms in total. The van der Waals surface area contributed by atoms with Crippen LogP contribution < -0.4 is 16.2 Å². The van der Waals surface area contributed by atoms with Gasteiger partial charge in [-0.05, 0) is 24.3 Å². The molecule has 0 aliphatic rings. The van der Waals surface area contributed by atoms with E-state index < -0.39 is 17.4 Å². The van der Waals surface area contributed by atoms with Gasteiger partial charge in [-0.1, -0.05) is 23.4 Å². The Hall–Kier alpha value is -3.62. The van der Waals surface area contributed by atoms with Gasteiger partial charge in [-0.3, -0.25) is 14.4 Å². The number of pyridine rings is 1. The lowest BCUT2D eigenvalue weighted by Crippen LogP contribution is -2.38. The smallest absolute Gasteiger partial charge is 0.278 e. The molecule has 9 heteroatoms. The SMILES string of the molecule is O=C(Cn1nnc2ccccc2c1=O)NCC(=O)Nc1ccccn1. The summed E-state index contributed by atoms with van der Waals surface area (Å²) in [7, 11) is 0. The molecule has 0 fully saturated rings. The molecule has 0 spiro atoms. The van der Waals surface area contributed by atoms with Gasteiger partial charge in [0.2, 0.25) is 11.8 Å². The zero-order valence-corrected chi connectivity index (χ0v) is 13.0. The third-order valence-corrected chi connectivity index (χ3v) is 3.30. The van der Waals surface area contributed by atoms with Crippen LogP contribution in [-0.2, 0) is 16.1 Å². The third kappa shape index (κ3) is 4.02. The van der Waals surface area contributed by atoms with Crippen molar-refractivity contribution in [2.75, 3.05) is 11.9 Å². The van der Waals surface area contributed by atoms with Crippen molar-refractivity contribution in [3.63, 3.8) is 0 Å². The van der Waals surface area contributed by atoms with Gasteiger partial charge in [0.1, 0.15) is 17.9 Å². The zero-order chi connectivity index (χ0) is 17.6. The lowest BCUT2D eigenvalue weighted by Gasteiger charge is -2.07. The summed E-state index contributed by atoms with van der Waals surface area (Å²) in [6.45, 7) is -0.571. The van der Waals surface area contributed by atoms with Crippen LogP contribution in [0, 0.1) is 0 Å². The summed E-state index contributed by atoms with van der Waals surface area (Å²) >= 11 is 0. The Morgan fingerprint density at radius 2 is 1.84 bits per heavy atom. The number of anilines is 1. The third-order valence-electron chi connectivity index (χ3n) is 3.30. The maximum atomic E-state index is 12.2. The number of carbonyl (C=O) groups excluding carboxylic acids is 2. The minimum absolute atomic E-state index is 0.245. The number of amides is 2. The van der Waals surface area contributed by atoms with Crippen molar-refractivity contribution < 1.29 is 9.59 Å². The highest BCUT2D eigenvalue weighted by Gasteiger charge is 2.11. The van der Waals surface area contributed by atoms with Gasteiger partial charge in [-0.15, -0.1) is 5.10 Å². The number of nitrogens with zero attached hydrogens (tertiary/aromatic N) is 4. The Morgan fingerprint density at radius 3 is 2.64 bits per heavy atom. The molecule has 0 unspecified atom stereocenters. The predicted octanol–water partition coefficient (Wildman–Crippen LogP) is -0.0586. The second-order valence-corrected chi connectivity index (χ2v) is 5.11. The average Bonchev–Trinajstić information content (AvgIpc) is 2.63. The summed E-state index contributed by atoms with van der Waals surface area (Å²) in [6, 6.07) is 11.8. The molecule has 0 radical (unpaired) electrons. The lowest BCUT2D eigenvalue weighted by molar-refractivity contribution is -0.124. The standard InChI is InChI=1S/C16H14N6O3/c23-14(19-13-7-3-4-8-17-13)9-18-15(24)10-22-16(25)11-5-1-2-6-12(11)20-21-22/h1-8H,9-10H2,(H,18,24)(H,17,19,23). The summed E-state index contributed by atoms with van der Waals surface area (Å²) in [5.41, 5.74) is 0.0394. The lowest BCUT2D eigenvalue weighted by atomic mass is 10.2. The second kappa shape index (κ2) is 7.30.